The number of rotatable bonds is 5. The first-order chi connectivity index (χ1) is 8.27. The lowest BCUT2D eigenvalue weighted by Crippen LogP contribution is -2.43. The molecule has 0 radical (unpaired) electrons. The van der Waals surface area contributed by atoms with Crippen LogP contribution in [0.5, 0.6) is 0 Å². The summed E-state index contributed by atoms with van der Waals surface area (Å²) in [5, 5.41) is 16.2. The molecule has 0 saturated heterocycles. The number of hydrogen-bond acceptors (Lipinski definition) is 3. The third-order valence-corrected chi connectivity index (χ3v) is 3.76. The lowest BCUT2D eigenvalue weighted by molar-refractivity contribution is -0.122. The molecule has 4 nitrogen and oxygen atoms in total. The summed E-state index contributed by atoms with van der Waals surface area (Å²) in [6, 6.07) is 0.218. The number of carbonyl (C=O) groups is 1. The summed E-state index contributed by atoms with van der Waals surface area (Å²) in [4.78, 5) is 11.4. The molecule has 0 heterocycles. The van der Waals surface area contributed by atoms with E-state index < -0.39 is 0 Å². The highest BCUT2D eigenvalue weighted by atomic mass is 16.3. The molecule has 2 atom stereocenters. The predicted molar refractivity (Wildman–Crippen MR) is 66.6 cm³/mol. The molecule has 0 bridgehead atoms. The van der Waals surface area contributed by atoms with E-state index in [0.29, 0.717) is 12.5 Å². The topological polar surface area (TPSA) is 61.4 Å². The molecule has 4 heteroatoms. The van der Waals surface area contributed by atoms with Crippen LogP contribution in [0.3, 0.4) is 0 Å². The van der Waals surface area contributed by atoms with Gasteiger partial charge < -0.3 is 15.7 Å². The molecule has 0 aromatic carbocycles. The first kappa shape index (κ1) is 12.8. The molecule has 0 aliphatic heterocycles. The fourth-order valence-electron chi connectivity index (χ4n) is 2.46. The zero-order valence-electron chi connectivity index (χ0n) is 10.5. The number of aliphatic hydroxyl groups excluding tert-OH is 1. The highest BCUT2D eigenvalue weighted by Gasteiger charge is 2.29. The number of aliphatic hydroxyl groups is 1. The fraction of sp³-hybridized carbons (Fsp3) is 0.923. The van der Waals surface area contributed by atoms with Crippen LogP contribution in [0.4, 0.5) is 0 Å². The van der Waals surface area contributed by atoms with Crippen molar-refractivity contribution in [1.29, 1.82) is 0 Å². The average molecular weight is 240 g/mol. The van der Waals surface area contributed by atoms with Gasteiger partial charge >= 0.3 is 0 Å². The predicted octanol–water partition coefficient (Wildman–Crippen LogP) is 0.796. The lowest BCUT2D eigenvalue weighted by atomic mass is 10.1. The zero-order chi connectivity index (χ0) is 12.1. The van der Waals surface area contributed by atoms with Crippen molar-refractivity contribution in [3.8, 4) is 0 Å². The van der Waals surface area contributed by atoms with Crippen LogP contribution in [-0.2, 0) is 4.79 Å². The Kier molecular flexibility index (Phi) is 4.80. The number of nitrogens with one attached hydrogen (secondary N) is 2. The van der Waals surface area contributed by atoms with Gasteiger partial charge in [-0.15, -0.1) is 0 Å². The molecule has 2 aliphatic rings. The minimum absolute atomic E-state index is 0.202. The molecule has 3 N–H and O–H groups in total. The summed E-state index contributed by atoms with van der Waals surface area (Å²) in [6.07, 6.45) is 7.43. The highest BCUT2D eigenvalue weighted by molar-refractivity contribution is 5.80. The Hall–Kier alpha value is -0.610. The summed E-state index contributed by atoms with van der Waals surface area (Å²) in [6.45, 7) is 1.44. The molecule has 2 aliphatic carbocycles. The normalized spacial score (nSPS) is 29.7. The third-order valence-electron chi connectivity index (χ3n) is 3.76. The van der Waals surface area contributed by atoms with E-state index in [1.807, 2.05) is 0 Å². The van der Waals surface area contributed by atoms with Crippen LogP contribution in [-0.4, -0.2) is 36.2 Å². The van der Waals surface area contributed by atoms with Gasteiger partial charge in [-0.2, -0.15) is 0 Å². The standard InChI is InChI=1S/C13H24N2O2/c16-12-5-3-1-2-4-11(12)14-8-9-15-13(17)10-6-7-10/h10-12,14,16H,1-9H2,(H,15,17). The van der Waals surface area contributed by atoms with E-state index in [9.17, 15) is 9.90 Å². The van der Waals surface area contributed by atoms with Crippen LogP contribution in [0, 0.1) is 5.92 Å². The Labute approximate surface area is 103 Å². The monoisotopic (exact) mass is 240 g/mol. The summed E-state index contributed by atoms with van der Waals surface area (Å²) >= 11 is 0. The largest absolute Gasteiger partial charge is 0.392 e. The second-order valence-corrected chi connectivity index (χ2v) is 5.33. The van der Waals surface area contributed by atoms with Crippen molar-refractivity contribution in [2.75, 3.05) is 13.1 Å². The lowest BCUT2D eigenvalue weighted by Gasteiger charge is -2.21. The van der Waals surface area contributed by atoms with Crippen molar-refractivity contribution in [1.82, 2.24) is 10.6 Å². The first-order valence-electron chi connectivity index (χ1n) is 6.96. The van der Waals surface area contributed by atoms with Crippen LogP contribution in [0.1, 0.15) is 44.9 Å². The molecule has 2 rings (SSSR count). The second kappa shape index (κ2) is 6.36. The van der Waals surface area contributed by atoms with Gasteiger partial charge in [-0.25, -0.2) is 0 Å². The van der Waals surface area contributed by atoms with Gasteiger partial charge in [0.2, 0.25) is 5.91 Å². The fourth-order valence-corrected chi connectivity index (χ4v) is 2.46. The van der Waals surface area contributed by atoms with Gasteiger partial charge in [0.15, 0.2) is 0 Å². The van der Waals surface area contributed by atoms with E-state index in [2.05, 4.69) is 10.6 Å². The number of carbonyl (C=O) groups excluding carboxylic acids is 1. The van der Waals surface area contributed by atoms with Gasteiger partial charge in [0.05, 0.1) is 6.10 Å². The van der Waals surface area contributed by atoms with Gasteiger partial charge in [0, 0.05) is 25.0 Å². The molecule has 2 saturated carbocycles. The maximum Gasteiger partial charge on any atom is 0.223 e. The molecular formula is C13H24N2O2. The van der Waals surface area contributed by atoms with Crippen LogP contribution < -0.4 is 10.6 Å². The molecular weight excluding hydrogens is 216 g/mol. The maximum atomic E-state index is 11.4. The van der Waals surface area contributed by atoms with Crippen molar-refractivity contribution in [3.05, 3.63) is 0 Å². The van der Waals surface area contributed by atoms with Gasteiger partial charge in [-0.3, -0.25) is 4.79 Å². The Morgan fingerprint density at radius 3 is 2.59 bits per heavy atom. The number of hydrogen-bond donors (Lipinski definition) is 3. The number of amides is 1. The minimum Gasteiger partial charge on any atom is -0.392 e. The van der Waals surface area contributed by atoms with Crippen molar-refractivity contribution in [2.24, 2.45) is 5.92 Å². The minimum atomic E-state index is -0.211. The molecule has 0 aromatic heterocycles. The van der Waals surface area contributed by atoms with E-state index in [4.69, 9.17) is 0 Å². The van der Waals surface area contributed by atoms with E-state index in [1.54, 1.807) is 0 Å². The first-order valence-corrected chi connectivity index (χ1v) is 6.96. The smallest absolute Gasteiger partial charge is 0.223 e. The van der Waals surface area contributed by atoms with E-state index in [1.165, 1.54) is 12.8 Å². The quantitative estimate of drug-likeness (QED) is 0.492. The van der Waals surface area contributed by atoms with Gasteiger partial charge in [0.1, 0.15) is 0 Å². The van der Waals surface area contributed by atoms with Crippen LogP contribution in [0.15, 0.2) is 0 Å². The van der Waals surface area contributed by atoms with Crippen molar-refractivity contribution in [2.45, 2.75) is 57.1 Å². The van der Waals surface area contributed by atoms with Crippen molar-refractivity contribution >= 4 is 5.91 Å². The van der Waals surface area contributed by atoms with E-state index >= 15 is 0 Å². The molecule has 17 heavy (non-hydrogen) atoms. The summed E-state index contributed by atoms with van der Waals surface area (Å²) in [5.41, 5.74) is 0. The molecule has 0 spiro atoms. The molecule has 2 fully saturated rings. The zero-order valence-corrected chi connectivity index (χ0v) is 10.5. The average Bonchev–Trinajstić information content (AvgIpc) is 3.13. The molecule has 1 amide bonds. The Morgan fingerprint density at radius 2 is 1.82 bits per heavy atom. The van der Waals surface area contributed by atoms with E-state index in [0.717, 1.165) is 38.6 Å². The Bertz CT molecular complexity index is 254. The van der Waals surface area contributed by atoms with Crippen LogP contribution in [0.25, 0.3) is 0 Å². The molecule has 2 unspecified atom stereocenters. The molecule has 0 aromatic rings. The maximum absolute atomic E-state index is 11.4. The summed E-state index contributed by atoms with van der Waals surface area (Å²) < 4.78 is 0. The van der Waals surface area contributed by atoms with Crippen molar-refractivity contribution < 1.29 is 9.90 Å². The highest BCUT2D eigenvalue weighted by Crippen LogP contribution is 2.28. The Morgan fingerprint density at radius 1 is 1.06 bits per heavy atom. The Balaban J connectivity index is 1.58. The SMILES string of the molecule is O=C(NCCNC1CCCCCC1O)C1CC1. The van der Waals surface area contributed by atoms with Gasteiger partial charge in [-0.1, -0.05) is 19.3 Å². The molecule has 98 valence electrons. The van der Waals surface area contributed by atoms with E-state index in [-0.39, 0.29) is 18.1 Å². The second-order valence-electron chi connectivity index (χ2n) is 5.33. The summed E-state index contributed by atoms with van der Waals surface area (Å²) in [5.74, 6) is 0.492. The summed E-state index contributed by atoms with van der Waals surface area (Å²) in [7, 11) is 0. The van der Waals surface area contributed by atoms with Gasteiger partial charge in [-0.05, 0) is 25.7 Å². The van der Waals surface area contributed by atoms with Crippen molar-refractivity contribution in [3.63, 3.8) is 0 Å². The third kappa shape index (κ3) is 4.28. The van der Waals surface area contributed by atoms with Crippen LogP contribution >= 0.6 is 0 Å². The van der Waals surface area contributed by atoms with Gasteiger partial charge in [0.25, 0.3) is 0 Å². The van der Waals surface area contributed by atoms with Crippen LogP contribution in [0.2, 0.25) is 0 Å².